The second-order valence-corrected chi connectivity index (χ2v) is 12.4. The quantitative estimate of drug-likeness (QED) is 0.395. The average molecular weight is 477 g/mol. The summed E-state index contributed by atoms with van der Waals surface area (Å²) in [4.78, 5) is 35.8. The predicted molar refractivity (Wildman–Crippen MR) is 128 cm³/mol. The van der Waals surface area contributed by atoms with Crippen molar-refractivity contribution in [1.82, 2.24) is 0 Å². The van der Waals surface area contributed by atoms with Crippen LogP contribution in [0.3, 0.4) is 0 Å². The van der Waals surface area contributed by atoms with Gasteiger partial charge in [0.25, 0.3) is 0 Å². The molecule has 0 heterocycles. The van der Waals surface area contributed by atoms with Gasteiger partial charge in [-0.3, -0.25) is 14.4 Å². The van der Waals surface area contributed by atoms with Gasteiger partial charge in [0, 0.05) is 26.2 Å². The van der Waals surface area contributed by atoms with E-state index in [2.05, 4.69) is 20.8 Å². The molecule has 5 unspecified atom stereocenters. The molecule has 0 N–H and O–H groups in total. The van der Waals surface area contributed by atoms with Crippen molar-refractivity contribution in [3.8, 4) is 0 Å². The molecule has 34 heavy (non-hydrogen) atoms. The minimum atomic E-state index is -0.203. The van der Waals surface area contributed by atoms with Crippen LogP contribution in [0.1, 0.15) is 92.4 Å². The molecule has 4 saturated carbocycles. The van der Waals surface area contributed by atoms with Crippen molar-refractivity contribution in [2.24, 2.45) is 46.3 Å². The van der Waals surface area contributed by atoms with Gasteiger partial charge in [0.2, 0.25) is 0 Å². The van der Waals surface area contributed by atoms with Crippen LogP contribution in [0.4, 0.5) is 0 Å². The zero-order chi connectivity index (χ0) is 24.8. The van der Waals surface area contributed by atoms with Crippen LogP contribution >= 0.6 is 0 Å². The van der Waals surface area contributed by atoms with Crippen LogP contribution < -0.4 is 0 Å². The maximum atomic E-state index is 12.2. The number of hydrogen-bond donors (Lipinski definition) is 0. The summed E-state index contributed by atoms with van der Waals surface area (Å²) in [5.41, 5.74) is 0.347. The Bertz CT molecular complexity index is 809. The van der Waals surface area contributed by atoms with E-state index in [4.69, 9.17) is 14.2 Å². The monoisotopic (exact) mass is 476 g/mol. The summed E-state index contributed by atoms with van der Waals surface area (Å²) in [7, 11) is 1.47. The molecule has 10 atom stereocenters. The maximum Gasteiger partial charge on any atom is 0.305 e. The number of fused-ring (bicyclic) bond motifs is 5. The highest BCUT2D eigenvalue weighted by molar-refractivity contribution is 5.69. The first-order valence-corrected chi connectivity index (χ1v) is 13.4. The van der Waals surface area contributed by atoms with E-state index in [0.29, 0.717) is 36.0 Å². The third-order valence-corrected chi connectivity index (χ3v) is 10.7. The lowest BCUT2D eigenvalue weighted by Gasteiger charge is -2.62. The molecule has 0 spiro atoms. The molecule has 0 aromatic carbocycles. The first kappa shape index (κ1) is 25.5. The van der Waals surface area contributed by atoms with Crippen molar-refractivity contribution in [3.63, 3.8) is 0 Å². The highest BCUT2D eigenvalue weighted by Gasteiger charge is 2.64. The van der Waals surface area contributed by atoms with Gasteiger partial charge in [-0.1, -0.05) is 20.8 Å². The molecule has 4 aliphatic rings. The van der Waals surface area contributed by atoms with Crippen molar-refractivity contribution >= 4 is 17.9 Å². The summed E-state index contributed by atoms with van der Waals surface area (Å²) in [5, 5.41) is 0. The minimum absolute atomic E-state index is 0.0195. The molecular weight excluding hydrogens is 432 g/mol. The fraction of sp³-hybridized carbons (Fsp3) is 0.893. The van der Waals surface area contributed by atoms with Gasteiger partial charge in [-0.25, -0.2) is 0 Å². The molecule has 0 saturated heterocycles. The predicted octanol–water partition coefficient (Wildman–Crippen LogP) is 5.32. The number of hydrogen-bond acceptors (Lipinski definition) is 6. The molecule has 0 aromatic rings. The van der Waals surface area contributed by atoms with E-state index in [0.717, 1.165) is 51.4 Å². The van der Waals surface area contributed by atoms with Gasteiger partial charge < -0.3 is 14.2 Å². The van der Waals surface area contributed by atoms with E-state index in [9.17, 15) is 14.4 Å². The third-order valence-electron chi connectivity index (χ3n) is 10.7. The Balaban J connectivity index is 1.61. The molecule has 0 radical (unpaired) electrons. The average Bonchev–Trinajstić information content (AvgIpc) is 3.11. The van der Waals surface area contributed by atoms with E-state index in [1.54, 1.807) is 0 Å². The van der Waals surface area contributed by atoms with E-state index in [1.165, 1.54) is 21.0 Å². The molecule has 0 bridgehead atoms. The van der Waals surface area contributed by atoms with Gasteiger partial charge in [0.1, 0.15) is 12.2 Å². The SMILES string of the molecule is COC(=O)C[C@@H](C)C1CCC2C3C(CC[C@@]21C)[C@@]1(C)CC[C@@H](OC(C)=O)CC1C[C@@H]3OC(C)=O. The van der Waals surface area contributed by atoms with Crippen molar-refractivity contribution in [2.75, 3.05) is 7.11 Å². The number of rotatable bonds is 5. The topological polar surface area (TPSA) is 78.9 Å². The second kappa shape index (κ2) is 9.46. The van der Waals surface area contributed by atoms with Crippen molar-refractivity contribution < 1.29 is 28.6 Å². The van der Waals surface area contributed by atoms with E-state index in [-0.39, 0.29) is 46.9 Å². The number of esters is 3. The smallest absolute Gasteiger partial charge is 0.305 e. The van der Waals surface area contributed by atoms with E-state index in [1.807, 2.05) is 0 Å². The number of ether oxygens (including phenoxy) is 3. The second-order valence-electron chi connectivity index (χ2n) is 12.4. The Labute approximate surface area is 204 Å². The van der Waals surface area contributed by atoms with Crippen LogP contribution in [-0.2, 0) is 28.6 Å². The van der Waals surface area contributed by atoms with Gasteiger partial charge in [-0.05, 0) is 91.8 Å². The Morgan fingerprint density at radius 3 is 2.18 bits per heavy atom. The largest absolute Gasteiger partial charge is 0.469 e. The zero-order valence-electron chi connectivity index (χ0n) is 21.9. The third kappa shape index (κ3) is 4.39. The van der Waals surface area contributed by atoms with Crippen LogP contribution in [0.2, 0.25) is 0 Å². The number of methoxy groups -OCH3 is 1. The lowest BCUT2D eigenvalue weighted by atomic mass is 9.43. The Morgan fingerprint density at radius 2 is 1.53 bits per heavy atom. The number of carbonyl (C=O) groups excluding carboxylic acids is 3. The first-order chi connectivity index (χ1) is 16.0. The number of carbonyl (C=O) groups is 3. The van der Waals surface area contributed by atoms with E-state index < -0.39 is 0 Å². The standard InChI is InChI=1S/C28H44O6/c1-16(13-25(31)32-6)21-7-8-22-26-23(10-12-28(21,22)5)27(4)11-9-20(33-17(2)29)14-19(27)15-24(26)34-18(3)30/h16,19-24,26H,7-15H2,1-6H3/t16-,19?,20-,21?,22?,23?,24+,26?,27+,28-/m1/s1. The normalized spacial score (nSPS) is 44.1. The van der Waals surface area contributed by atoms with Crippen molar-refractivity contribution in [2.45, 2.75) is 105 Å². The van der Waals surface area contributed by atoms with Crippen molar-refractivity contribution in [1.29, 1.82) is 0 Å². The fourth-order valence-electron chi connectivity index (χ4n) is 9.30. The molecule has 6 heteroatoms. The van der Waals surface area contributed by atoms with Crippen LogP contribution in [0.25, 0.3) is 0 Å². The molecule has 0 aromatic heterocycles. The highest BCUT2D eigenvalue weighted by atomic mass is 16.5. The summed E-state index contributed by atoms with van der Waals surface area (Å²) in [6.45, 7) is 10.1. The van der Waals surface area contributed by atoms with Crippen molar-refractivity contribution in [3.05, 3.63) is 0 Å². The van der Waals surface area contributed by atoms with Gasteiger partial charge in [0.05, 0.1) is 7.11 Å². The van der Waals surface area contributed by atoms with Gasteiger partial charge in [-0.2, -0.15) is 0 Å². The lowest BCUT2D eigenvalue weighted by Crippen LogP contribution is -2.59. The Hall–Kier alpha value is -1.59. The maximum absolute atomic E-state index is 12.2. The molecule has 4 rings (SSSR count). The Kier molecular flexibility index (Phi) is 7.10. The van der Waals surface area contributed by atoms with Crippen LogP contribution in [0.15, 0.2) is 0 Å². The molecule has 0 amide bonds. The van der Waals surface area contributed by atoms with E-state index >= 15 is 0 Å². The summed E-state index contributed by atoms with van der Waals surface area (Å²) in [5.74, 6) is 2.04. The molecule has 4 fully saturated rings. The van der Waals surface area contributed by atoms with Crippen LogP contribution in [0.5, 0.6) is 0 Å². The fourth-order valence-corrected chi connectivity index (χ4v) is 9.30. The van der Waals surface area contributed by atoms with Crippen LogP contribution in [0, 0.1) is 46.3 Å². The highest BCUT2D eigenvalue weighted by Crippen LogP contribution is 2.68. The first-order valence-electron chi connectivity index (χ1n) is 13.4. The molecular formula is C28H44O6. The van der Waals surface area contributed by atoms with Gasteiger partial charge >= 0.3 is 17.9 Å². The Morgan fingerprint density at radius 1 is 0.882 bits per heavy atom. The van der Waals surface area contributed by atoms with Gasteiger partial charge in [-0.15, -0.1) is 0 Å². The molecule has 4 aliphatic carbocycles. The zero-order valence-corrected chi connectivity index (χ0v) is 21.9. The summed E-state index contributed by atoms with van der Waals surface area (Å²) >= 11 is 0. The van der Waals surface area contributed by atoms with Crippen LogP contribution in [-0.4, -0.2) is 37.2 Å². The molecule has 6 nitrogen and oxygen atoms in total. The lowest BCUT2D eigenvalue weighted by molar-refractivity contribution is -0.197. The molecule has 192 valence electrons. The minimum Gasteiger partial charge on any atom is -0.469 e. The summed E-state index contributed by atoms with van der Waals surface area (Å²) < 4.78 is 16.7. The van der Waals surface area contributed by atoms with Gasteiger partial charge in [0.15, 0.2) is 0 Å². The molecule has 0 aliphatic heterocycles. The summed E-state index contributed by atoms with van der Waals surface area (Å²) in [6, 6.07) is 0. The summed E-state index contributed by atoms with van der Waals surface area (Å²) in [6.07, 6.45) is 8.69.